The molecular weight excluding hydrogens is 297 g/mol. The van der Waals surface area contributed by atoms with Gasteiger partial charge in [-0.3, -0.25) is 14.9 Å². The number of piperidine rings is 1. The molecule has 0 aliphatic carbocycles. The summed E-state index contributed by atoms with van der Waals surface area (Å²) in [6.45, 7) is 4.99. The summed E-state index contributed by atoms with van der Waals surface area (Å²) in [7, 11) is 0. The Balaban J connectivity index is 2.12. The van der Waals surface area contributed by atoms with Gasteiger partial charge in [0.05, 0.1) is 0 Å². The zero-order valence-electron chi connectivity index (χ0n) is 13.6. The van der Waals surface area contributed by atoms with Gasteiger partial charge in [0.1, 0.15) is 11.9 Å². The predicted molar refractivity (Wildman–Crippen MR) is 85.9 cm³/mol. The summed E-state index contributed by atoms with van der Waals surface area (Å²) in [5.41, 5.74) is 6.18. The summed E-state index contributed by atoms with van der Waals surface area (Å²) in [6, 6.07) is 5.23. The van der Waals surface area contributed by atoms with Crippen molar-refractivity contribution in [3.05, 3.63) is 35.6 Å². The summed E-state index contributed by atoms with van der Waals surface area (Å²) in [6.07, 6.45) is 1.67. The van der Waals surface area contributed by atoms with Gasteiger partial charge < -0.3 is 10.6 Å². The molecule has 0 radical (unpaired) electrons. The Labute approximate surface area is 136 Å². The molecular formula is C17H24FN3O2. The largest absolute Gasteiger partial charge is 0.368 e. The zero-order valence-corrected chi connectivity index (χ0v) is 13.6. The molecule has 6 heteroatoms. The van der Waals surface area contributed by atoms with Gasteiger partial charge in [-0.05, 0) is 30.0 Å². The average Bonchev–Trinajstić information content (AvgIpc) is 2.53. The molecule has 0 unspecified atom stereocenters. The Morgan fingerprint density at radius 2 is 2.04 bits per heavy atom. The van der Waals surface area contributed by atoms with Crippen molar-refractivity contribution in [2.24, 2.45) is 11.7 Å². The number of nitrogens with one attached hydrogen (secondary N) is 1. The maximum atomic E-state index is 13.1. The van der Waals surface area contributed by atoms with Crippen LogP contribution in [0.5, 0.6) is 0 Å². The van der Waals surface area contributed by atoms with E-state index in [4.69, 9.17) is 5.73 Å². The second-order valence-electron chi connectivity index (χ2n) is 6.08. The van der Waals surface area contributed by atoms with Crippen molar-refractivity contribution in [2.45, 2.75) is 38.8 Å². The van der Waals surface area contributed by atoms with Crippen LogP contribution >= 0.6 is 0 Å². The number of halogens is 1. The molecule has 23 heavy (non-hydrogen) atoms. The molecule has 3 atom stereocenters. The highest BCUT2D eigenvalue weighted by atomic mass is 19.1. The molecule has 1 aliphatic heterocycles. The van der Waals surface area contributed by atoms with Crippen LogP contribution in [0.2, 0.25) is 0 Å². The smallest absolute Gasteiger partial charge is 0.239 e. The molecule has 2 rings (SSSR count). The third-order valence-electron chi connectivity index (χ3n) is 4.57. The number of rotatable bonds is 5. The molecule has 0 bridgehead atoms. The normalized spacial score (nSPS) is 22.7. The molecule has 0 spiro atoms. The van der Waals surface area contributed by atoms with Gasteiger partial charge in [0.15, 0.2) is 0 Å². The number of nitrogens with two attached hydrogens (primary N) is 1. The van der Waals surface area contributed by atoms with Crippen molar-refractivity contribution in [3.63, 3.8) is 0 Å². The third-order valence-corrected chi connectivity index (χ3v) is 4.57. The van der Waals surface area contributed by atoms with Crippen LogP contribution in [0, 0.1) is 11.7 Å². The van der Waals surface area contributed by atoms with E-state index >= 15 is 0 Å². The lowest BCUT2D eigenvalue weighted by Gasteiger charge is -2.39. The minimum absolute atomic E-state index is 0.0758. The summed E-state index contributed by atoms with van der Waals surface area (Å²) >= 11 is 0. The van der Waals surface area contributed by atoms with Crippen molar-refractivity contribution in [1.82, 2.24) is 10.2 Å². The maximum Gasteiger partial charge on any atom is 0.239 e. The van der Waals surface area contributed by atoms with Gasteiger partial charge in [-0.15, -0.1) is 0 Å². The highest BCUT2D eigenvalue weighted by Gasteiger charge is 2.32. The molecule has 1 aromatic rings. The van der Waals surface area contributed by atoms with Crippen molar-refractivity contribution >= 4 is 11.8 Å². The summed E-state index contributed by atoms with van der Waals surface area (Å²) in [5, 5.41) is 3.32. The second-order valence-corrected chi connectivity index (χ2v) is 6.08. The van der Waals surface area contributed by atoms with Crippen molar-refractivity contribution in [3.8, 4) is 0 Å². The first-order valence-electron chi connectivity index (χ1n) is 7.98. The van der Waals surface area contributed by atoms with Crippen molar-refractivity contribution in [2.75, 3.05) is 13.1 Å². The number of hydrogen-bond acceptors (Lipinski definition) is 3. The van der Waals surface area contributed by atoms with E-state index in [1.165, 1.54) is 12.1 Å². The Morgan fingerprint density at radius 1 is 1.39 bits per heavy atom. The zero-order chi connectivity index (χ0) is 17.0. The monoisotopic (exact) mass is 321 g/mol. The van der Waals surface area contributed by atoms with E-state index in [-0.39, 0.29) is 23.7 Å². The highest BCUT2D eigenvalue weighted by molar-refractivity contribution is 5.81. The first kappa shape index (κ1) is 17.4. The maximum absolute atomic E-state index is 13.1. The number of nitrogens with zero attached hydrogens (tertiary/aromatic N) is 1. The minimum Gasteiger partial charge on any atom is -0.368 e. The van der Waals surface area contributed by atoms with Crippen LogP contribution in [-0.2, 0) is 9.59 Å². The molecule has 126 valence electrons. The summed E-state index contributed by atoms with van der Waals surface area (Å²) in [5.74, 6) is -0.500. The molecule has 1 saturated heterocycles. The molecule has 3 N–H and O–H groups in total. The topological polar surface area (TPSA) is 75.4 Å². The second kappa shape index (κ2) is 7.55. The number of carbonyl (C=O) groups is 2. The van der Waals surface area contributed by atoms with Gasteiger partial charge in [0, 0.05) is 26.1 Å². The number of primary amides is 1. The molecule has 1 fully saturated rings. The Morgan fingerprint density at radius 3 is 2.57 bits per heavy atom. The highest BCUT2D eigenvalue weighted by Crippen LogP contribution is 2.24. The average molecular weight is 321 g/mol. The number of hydrogen-bond donors (Lipinski definition) is 2. The van der Waals surface area contributed by atoms with Crippen LogP contribution < -0.4 is 11.1 Å². The molecule has 0 saturated carbocycles. The van der Waals surface area contributed by atoms with E-state index in [2.05, 4.69) is 12.2 Å². The fraction of sp³-hybridized carbons (Fsp3) is 0.529. The third kappa shape index (κ3) is 4.28. The van der Waals surface area contributed by atoms with Gasteiger partial charge in [-0.25, -0.2) is 4.39 Å². The van der Waals surface area contributed by atoms with Crippen LogP contribution in [0.3, 0.4) is 0 Å². The lowest BCUT2D eigenvalue weighted by Crippen LogP contribution is -2.52. The Kier molecular flexibility index (Phi) is 5.71. The van der Waals surface area contributed by atoms with Gasteiger partial charge >= 0.3 is 0 Å². The first-order valence-corrected chi connectivity index (χ1v) is 7.98. The Bertz CT molecular complexity index is 561. The van der Waals surface area contributed by atoms with E-state index in [1.54, 1.807) is 19.1 Å². The van der Waals surface area contributed by atoms with Gasteiger partial charge in [-0.1, -0.05) is 25.5 Å². The number of carbonyl (C=O) groups excluding carboxylic acids is 2. The number of likely N-dealkylation sites (tertiary alicyclic amines) is 1. The standard InChI is InChI=1S/C17H24FN3O2/c1-3-12-10-21(11(2)22)9-8-15(12)20-16(17(19)23)13-4-6-14(18)7-5-13/h4-7,12,15-16,20H,3,8-10H2,1-2H3,(H2,19,23)/t12-,15+,16+/m1/s1. The summed E-state index contributed by atoms with van der Waals surface area (Å²) in [4.78, 5) is 25.2. The lowest BCUT2D eigenvalue weighted by molar-refractivity contribution is -0.131. The van der Waals surface area contributed by atoms with Crippen LogP contribution in [0.15, 0.2) is 24.3 Å². The van der Waals surface area contributed by atoms with Crippen LogP contribution in [0.1, 0.15) is 38.3 Å². The first-order chi connectivity index (χ1) is 10.9. The van der Waals surface area contributed by atoms with Crippen molar-refractivity contribution in [1.29, 1.82) is 0 Å². The SMILES string of the molecule is CC[C@@H]1CN(C(C)=O)CC[C@@H]1N[C@H](C(N)=O)c1ccc(F)cc1. The quantitative estimate of drug-likeness (QED) is 0.865. The van der Waals surface area contributed by atoms with E-state index in [1.807, 2.05) is 4.90 Å². The predicted octanol–water partition coefficient (Wildman–Crippen LogP) is 1.59. The number of benzene rings is 1. The van der Waals surface area contributed by atoms with Crippen LogP contribution in [-0.4, -0.2) is 35.8 Å². The van der Waals surface area contributed by atoms with Gasteiger partial charge in [-0.2, -0.15) is 0 Å². The molecule has 1 aromatic carbocycles. The summed E-state index contributed by atoms with van der Waals surface area (Å²) < 4.78 is 13.1. The Hall–Kier alpha value is -1.95. The van der Waals surface area contributed by atoms with Gasteiger partial charge in [0.2, 0.25) is 11.8 Å². The fourth-order valence-electron chi connectivity index (χ4n) is 3.16. The van der Waals surface area contributed by atoms with E-state index in [0.29, 0.717) is 18.7 Å². The van der Waals surface area contributed by atoms with E-state index in [0.717, 1.165) is 12.8 Å². The molecule has 5 nitrogen and oxygen atoms in total. The minimum atomic E-state index is -0.654. The molecule has 1 heterocycles. The molecule has 1 aliphatic rings. The lowest BCUT2D eigenvalue weighted by atomic mass is 9.88. The van der Waals surface area contributed by atoms with Crippen LogP contribution in [0.4, 0.5) is 4.39 Å². The molecule has 0 aromatic heterocycles. The fourth-order valence-corrected chi connectivity index (χ4v) is 3.16. The van der Waals surface area contributed by atoms with Crippen LogP contribution in [0.25, 0.3) is 0 Å². The van der Waals surface area contributed by atoms with Gasteiger partial charge in [0.25, 0.3) is 0 Å². The van der Waals surface area contributed by atoms with E-state index < -0.39 is 11.9 Å². The molecule has 2 amide bonds. The van der Waals surface area contributed by atoms with Crippen molar-refractivity contribution < 1.29 is 14.0 Å². The number of amides is 2. The van der Waals surface area contributed by atoms with E-state index in [9.17, 15) is 14.0 Å².